The van der Waals surface area contributed by atoms with Crippen LogP contribution in [-0.2, 0) is 11.3 Å². The monoisotopic (exact) mass is 655 g/mol. The highest BCUT2D eigenvalue weighted by Crippen LogP contribution is 2.41. The van der Waals surface area contributed by atoms with Crippen LogP contribution in [0.25, 0.3) is 5.69 Å². The van der Waals surface area contributed by atoms with Gasteiger partial charge >= 0.3 is 17.7 Å². The lowest BCUT2D eigenvalue weighted by molar-refractivity contribution is 0.0469. The number of ether oxygens (including phenoxy) is 3. The molecule has 0 bridgehead atoms. The summed E-state index contributed by atoms with van der Waals surface area (Å²) in [6.07, 6.45) is 3.62. The van der Waals surface area contributed by atoms with Crippen molar-refractivity contribution in [3.05, 3.63) is 124 Å². The van der Waals surface area contributed by atoms with Crippen LogP contribution in [0.4, 0.5) is 19.3 Å². The SMILES string of the molecule is COc1cc(Oc2ccccc2)c(N(C(=O)n2nnn(-c3c(F)cccc3F)c2=O)C2CCCCC2)cc1C(=O)OCc1ccccc1. The number of esters is 1. The molecular formula is C35H31F2N5O6. The molecule has 0 unspecified atom stereocenters. The predicted octanol–water partition coefficient (Wildman–Crippen LogP) is 6.67. The normalized spacial score (nSPS) is 13.1. The Labute approximate surface area is 273 Å². The van der Waals surface area contributed by atoms with Gasteiger partial charge in [0, 0.05) is 12.1 Å². The van der Waals surface area contributed by atoms with E-state index < -0.39 is 41.1 Å². The first-order chi connectivity index (χ1) is 23.4. The quantitative estimate of drug-likeness (QED) is 0.128. The van der Waals surface area contributed by atoms with Crippen molar-refractivity contribution < 1.29 is 32.6 Å². The maximum atomic E-state index is 14.6. The number of para-hydroxylation sites is 2. The first-order valence-electron chi connectivity index (χ1n) is 15.3. The number of methoxy groups -OCH3 is 1. The van der Waals surface area contributed by atoms with Crippen molar-refractivity contribution in [1.29, 1.82) is 0 Å². The molecule has 4 aromatic carbocycles. The van der Waals surface area contributed by atoms with Crippen LogP contribution in [0, 0.1) is 11.6 Å². The van der Waals surface area contributed by atoms with Gasteiger partial charge in [-0.05, 0) is 59.2 Å². The molecule has 5 aromatic rings. The number of hydrogen-bond acceptors (Lipinski definition) is 8. The van der Waals surface area contributed by atoms with Crippen molar-refractivity contribution in [1.82, 2.24) is 19.8 Å². The Bertz CT molecular complexity index is 1960. The number of tetrazole rings is 1. The molecule has 13 heteroatoms. The Hall–Kier alpha value is -5.85. The zero-order valence-electron chi connectivity index (χ0n) is 25.9. The zero-order chi connectivity index (χ0) is 33.6. The van der Waals surface area contributed by atoms with Gasteiger partial charge in [0.1, 0.15) is 29.4 Å². The van der Waals surface area contributed by atoms with E-state index in [-0.39, 0.29) is 29.4 Å². The molecule has 1 aliphatic rings. The maximum Gasteiger partial charge on any atom is 0.377 e. The summed E-state index contributed by atoms with van der Waals surface area (Å²) in [5.74, 6) is -2.16. The summed E-state index contributed by atoms with van der Waals surface area (Å²) in [6, 6.07) is 22.4. The van der Waals surface area contributed by atoms with Crippen LogP contribution in [0.3, 0.4) is 0 Å². The molecule has 0 saturated heterocycles. The van der Waals surface area contributed by atoms with E-state index in [1.54, 1.807) is 24.3 Å². The Balaban J connectivity index is 1.47. The minimum Gasteiger partial charge on any atom is -0.496 e. The van der Waals surface area contributed by atoms with Gasteiger partial charge in [-0.1, -0.05) is 73.9 Å². The van der Waals surface area contributed by atoms with E-state index >= 15 is 0 Å². The standard InChI is InChI=1S/C35H31F2N5O6/c1-46-30-21-31(48-25-16-9-4-10-17-25)29(20-26(30)33(43)47-22-23-12-5-2-6-13-23)40(24-14-7-3-8-15-24)34(44)42-35(45)41(38-39-42)32-27(36)18-11-19-28(32)37/h2,4-6,9-13,16-21,24H,3,7-8,14-15,22H2,1H3. The largest absolute Gasteiger partial charge is 0.496 e. The van der Waals surface area contributed by atoms with Crippen LogP contribution in [0.2, 0.25) is 0 Å². The highest BCUT2D eigenvalue weighted by Gasteiger charge is 2.35. The van der Waals surface area contributed by atoms with Crippen molar-refractivity contribution in [2.75, 3.05) is 12.0 Å². The van der Waals surface area contributed by atoms with Crippen LogP contribution < -0.4 is 20.1 Å². The molecule has 6 rings (SSSR count). The molecule has 11 nitrogen and oxygen atoms in total. The second kappa shape index (κ2) is 14.3. The maximum absolute atomic E-state index is 14.6. The molecule has 1 aliphatic carbocycles. The van der Waals surface area contributed by atoms with Gasteiger partial charge in [0.25, 0.3) is 0 Å². The lowest BCUT2D eigenvalue weighted by Crippen LogP contribution is -2.47. The fourth-order valence-corrected chi connectivity index (χ4v) is 5.66. The number of hydrogen-bond donors (Lipinski definition) is 0. The first kappa shape index (κ1) is 32.1. The van der Waals surface area contributed by atoms with Crippen molar-refractivity contribution in [3.63, 3.8) is 0 Å². The molecule has 1 heterocycles. The molecular weight excluding hydrogens is 624 g/mol. The highest BCUT2D eigenvalue weighted by atomic mass is 19.1. The van der Waals surface area contributed by atoms with Crippen molar-refractivity contribution in [3.8, 4) is 22.9 Å². The molecule has 48 heavy (non-hydrogen) atoms. The topological polar surface area (TPSA) is 118 Å². The van der Waals surface area contributed by atoms with Crippen LogP contribution in [0.15, 0.2) is 95.8 Å². The third-order valence-electron chi connectivity index (χ3n) is 8.00. The van der Waals surface area contributed by atoms with E-state index in [1.807, 2.05) is 36.4 Å². The summed E-state index contributed by atoms with van der Waals surface area (Å²) in [6.45, 7) is -0.0171. The number of halogens is 2. The summed E-state index contributed by atoms with van der Waals surface area (Å²) in [4.78, 5) is 42.8. The molecule has 0 spiro atoms. The van der Waals surface area contributed by atoms with E-state index in [1.165, 1.54) is 24.1 Å². The number of rotatable bonds is 9. The lowest BCUT2D eigenvalue weighted by Gasteiger charge is -2.34. The third kappa shape index (κ3) is 6.66. The summed E-state index contributed by atoms with van der Waals surface area (Å²) < 4.78 is 47.5. The Morgan fingerprint density at radius 3 is 2.19 bits per heavy atom. The Morgan fingerprint density at radius 2 is 1.52 bits per heavy atom. The van der Waals surface area contributed by atoms with Crippen molar-refractivity contribution in [2.45, 2.75) is 44.8 Å². The molecule has 0 N–H and O–H groups in total. The van der Waals surface area contributed by atoms with E-state index in [4.69, 9.17) is 14.2 Å². The zero-order valence-corrected chi connectivity index (χ0v) is 25.9. The predicted molar refractivity (Wildman–Crippen MR) is 171 cm³/mol. The number of aromatic nitrogens is 4. The second-order valence-electron chi connectivity index (χ2n) is 11.1. The summed E-state index contributed by atoms with van der Waals surface area (Å²) >= 11 is 0. The number of amides is 1. The Morgan fingerprint density at radius 1 is 0.854 bits per heavy atom. The van der Waals surface area contributed by atoms with Gasteiger partial charge in [-0.15, -0.1) is 4.68 Å². The molecule has 0 atom stereocenters. The first-order valence-corrected chi connectivity index (χ1v) is 15.3. The molecule has 1 fully saturated rings. The lowest BCUT2D eigenvalue weighted by atomic mass is 9.93. The number of carbonyl (C=O) groups is 2. The van der Waals surface area contributed by atoms with Gasteiger partial charge in [0.2, 0.25) is 0 Å². The minimum atomic E-state index is -1.19. The summed E-state index contributed by atoms with van der Waals surface area (Å²) in [5, 5.41) is 7.35. The van der Waals surface area contributed by atoms with Gasteiger partial charge in [0.05, 0.1) is 12.8 Å². The van der Waals surface area contributed by atoms with Crippen LogP contribution >= 0.6 is 0 Å². The molecule has 0 aliphatic heterocycles. The van der Waals surface area contributed by atoms with Gasteiger partial charge < -0.3 is 14.2 Å². The van der Waals surface area contributed by atoms with Gasteiger partial charge in [-0.2, -0.15) is 4.68 Å². The van der Waals surface area contributed by atoms with Gasteiger partial charge in [-0.25, -0.2) is 23.2 Å². The van der Waals surface area contributed by atoms with Crippen LogP contribution in [0.5, 0.6) is 17.2 Å². The minimum absolute atomic E-state index is 0.00174. The van der Waals surface area contributed by atoms with Crippen LogP contribution in [-0.4, -0.2) is 44.9 Å². The van der Waals surface area contributed by atoms with Crippen molar-refractivity contribution >= 4 is 17.7 Å². The molecule has 1 saturated carbocycles. The number of nitrogens with zero attached hydrogens (tertiary/aromatic N) is 5. The van der Waals surface area contributed by atoms with Gasteiger partial charge in [-0.3, -0.25) is 4.90 Å². The fourth-order valence-electron chi connectivity index (χ4n) is 5.66. The van der Waals surface area contributed by atoms with E-state index in [0.717, 1.165) is 43.0 Å². The third-order valence-corrected chi connectivity index (χ3v) is 8.00. The van der Waals surface area contributed by atoms with Crippen LogP contribution in [0.1, 0.15) is 48.0 Å². The highest BCUT2D eigenvalue weighted by molar-refractivity contribution is 5.99. The number of anilines is 1. The summed E-state index contributed by atoms with van der Waals surface area (Å²) in [5.41, 5.74) is -1.07. The molecule has 1 aromatic heterocycles. The van der Waals surface area contributed by atoms with Gasteiger partial charge in [0.15, 0.2) is 17.4 Å². The molecule has 246 valence electrons. The molecule has 0 radical (unpaired) electrons. The molecule has 1 amide bonds. The van der Waals surface area contributed by atoms with E-state index in [0.29, 0.717) is 28.0 Å². The second-order valence-corrected chi connectivity index (χ2v) is 11.1. The number of carbonyl (C=O) groups excluding carboxylic acids is 2. The smallest absolute Gasteiger partial charge is 0.377 e. The number of benzene rings is 4. The summed E-state index contributed by atoms with van der Waals surface area (Å²) in [7, 11) is 1.39. The average molecular weight is 656 g/mol. The fraction of sp³-hybridized carbons (Fsp3) is 0.229. The van der Waals surface area contributed by atoms with E-state index in [9.17, 15) is 23.2 Å². The average Bonchev–Trinajstić information content (AvgIpc) is 3.49. The van der Waals surface area contributed by atoms with Crippen molar-refractivity contribution in [2.24, 2.45) is 0 Å². The van der Waals surface area contributed by atoms with E-state index in [2.05, 4.69) is 10.4 Å². The Kier molecular flexibility index (Phi) is 9.55.